The molecule has 0 aliphatic heterocycles. The minimum absolute atomic E-state index is 0.317. The fourth-order valence-corrected chi connectivity index (χ4v) is 4.52. The Kier molecular flexibility index (Phi) is 3.67. The third kappa shape index (κ3) is 2.67. The summed E-state index contributed by atoms with van der Waals surface area (Å²) in [5.41, 5.74) is 5.83. The molecular formula is C23H22N4. The van der Waals surface area contributed by atoms with Gasteiger partial charge in [0, 0.05) is 23.2 Å². The Labute approximate surface area is 159 Å². The van der Waals surface area contributed by atoms with Gasteiger partial charge in [-0.05, 0) is 36.3 Å². The summed E-state index contributed by atoms with van der Waals surface area (Å²) >= 11 is 0. The monoisotopic (exact) mass is 354 g/mol. The van der Waals surface area contributed by atoms with Crippen molar-refractivity contribution in [2.45, 2.75) is 32.6 Å². The van der Waals surface area contributed by atoms with Crippen LogP contribution in [-0.2, 0) is 6.42 Å². The molecule has 4 nitrogen and oxygen atoms in total. The number of hydrogen-bond acceptors (Lipinski definition) is 4. The van der Waals surface area contributed by atoms with Gasteiger partial charge in [0.15, 0.2) is 0 Å². The molecule has 2 heterocycles. The van der Waals surface area contributed by atoms with Gasteiger partial charge in [-0.1, -0.05) is 50.2 Å². The van der Waals surface area contributed by atoms with E-state index in [0.717, 1.165) is 29.3 Å². The zero-order chi connectivity index (χ0) is 18.4. The second-order valence-electron chi connectivity index (χ2n) is 8.13. The maximum Gasteiger partial charge on any atom is 0.250 e. The maximum absolute atomic E-state index is 4.89. The molecule has 0 saturated heterocycles. The smallest absolute Gasteiger partial charge is 0.250 e. The average molecular weight is 354 g/mol. The van der Waals surface area contributed by atoms with Crippen LogP contribution in [0, 0.1) is 11.3 Å². The molecule has 0 amide bonds. The van der Waals surface area contributed by atoms with Crippen molar-refractivity contribution in [3.8, 4) is 11.3 Å². The molecule has 0 radical (unpaired) electrons. The van der Waals surface area contributed by atoms with Gasteiger partial charge in [0.25, 0.3) is 0 Å². The summed E-state index contributed by atoms with van der Waals surface area (Å²) in [6, 6.07) is 16.2. The molecular weight excluding hydrogens is 332 g/mol. The topological polar surface area (TPSA) is 51.0 Å². The van der Waals surface area contributed by atoms with Gasteiger partial charge in [0.1, 0.15) is 0 Å². The zero-order valence-electron chi connectivity index (χ0n) is 15.6. The van der Waals surface area contributed by atoms with E-state index in [4.69, 9.17) is 9.97 Å². The molecule has 3 aliphatic carbocycles. The van der Waals surface area contributed by atoms with Crippen LogP contribution in [0.25, 0.3) is 11.3 Å². The average Bonchev–Trinajstić information content (AvgIpc) is 2.72. The lowest BCUT2D eigenvalue weighted by molar-refractivity contribution is 0.0156. The summed E-state index contributed by atoms with van der Waals surface area (Å²) in [6.45, 7) is 4.74. The van der Waals surface area contributed by atoms with E-state index >= 15 is 0 Å². The number of aliphatic imine (C=N–C) groups is 1. The largest absolute Gasteiger partial charge is 0.255 e. The first-order chi connectivity index (χ1) is 13.1. The number of nitrogens with zero attached hydrogens (tertiary/aromatic N) is 4. The van der Waals surface area contributed by atoms with Crippen molar-refractivity contribution < 1.29 is 0 Å². The van der Waals surface area contributed by atoms with Crippen LogP contribution in [-0.4, -0.2) is 21.2 Å². The molecule has 4 heteroatoms. The standard InChI is InChI=1S/C23H22N4/c1-23(2)16-12-18-20(15-8-4-3-5-9-15)26-22(27-21(18)19(23)13-16)25-14-17-10-6-7-11-24-17/h3-11,14,16,19H,12-13H2,1-2H3. The summed E-state index contributed by atoms with van der Waals surface area (Å²) in [5, 5.41) is 0. The second-order valence-corrected chi connectivity index (χ2v) is 8.13. The quantitative estimate of drug-likeness (QED) is 0.624. The highest BCUT2D eigenvalue weighted by molar-refractivity contribution is 5.79. The highest BCUT2D eigenvalue weighted by Crippen LogP contribution is 2.62. The van der Waals surface area contributed by atoms with Crippen molar-refractivity contribution in [1.82, 2.24) is 15.0 Å². The van der Waals surface area contributed by atoms with Crippen LogP contribution in [0.4, 0.5) is 5.95 Å². The van der Waals surface area contributed by atoms with Crippen molar-refractivity contribution >= 4 is 12.2 Å². The molecule has 0 N–H and O–H groups in total. The summed E-state index contributed by atoms with van der Waals surface area (Å²) in [6.07, 6.45) is 5.80. The molecule has 2 unspecified atom stereocenters. The van der Waals surface area contributed by atoms with Crippen molar-refractivity contribution in [2.75, 3.05) is 0 Å². The summed E-state index contributed by atoms with van der Waals surface area (Å²) in [4.78, 5) is 18.6. The SMILES string of the molecule is CC1(C)C2Cc3c(-c4ccccc4)nc(N=Cc4ccccn4)nc3C1C2. The van der Waals surface area contributed by atoms with Gasteiger partial charge >= 0.3 is 0 Å². The lowest BCUT2D eigenvalue weighted by atomic mass is 9.48. The minimum Gasteiger partial charge on any atom is -0.255 e. The molecule has 6 rings (SSSR count). The Morgan fingerprint density at radius 1 is 1.04 bits per heavy atom. The Bertz CT molecular complexity index is 1010. The Hall–Kier alpha value is -2.88. The van der Waals surface area contributed by atoms with Crippen molar-refractivity contribution in [3.05, 3.63) is 71.7 Å². The number of pyridine rings is 1. The molecule has 134 valence electrons. The van der Waals surface area contributed by atoms with E-state index in [1.54, 1.807) is 12.4 Å². The summed E-state index contributed by atoms with van der Waals surface area (Å²) in [7, 11) is 0. The zero-order valence-corrected chi connectivity index (χ0v) is 15.6. The first-order valence-electron chi connectivity index (χ1n) is 9.54. The first kappa shape index (κ1) is 16.3. The Morgan fingerprint density at radius 2 is 1.85 bits per heavy atom. The van der Waals surface area contributed by atoms with Crippen LogP contribution in [0.5, 0.6) is 0 Å². The van der Waals surface area contributed by atoms with Crippen molar-refractivity contribution in [1.29, 1.82) is 0 Å². The summed E-state index contributed by atoms with van der Waals surface area (Å²) < 4.78 is 0. The number of aromatic nitrogens is 3. The molecule has 2 bridgehead atoms. The lowest BCUT2D eigenvalue weighted by Gasteiger charge is -2.56. The number of rotatable bonds is 3. The maximum atomic E-state index is 4.89. The fraction of sp³-hybridized carbons (Fsp3) is 0.304. The molecule has 1 saturated carbocycles. The van der Waals surface area contributed by atoms with Crippen molar-refractivity contribution in [3.63, 3.8) is 0 Å². The van der Waals surface area contributed by atoms with Gasteiger partial charge in [0.05, 0.1) is 23.3 Å². The van der Waals surface area contributed by atoms with Gasteiger partial charge in [0.2, 0.25) is 5.95 Å². The highest BCUT2D eigenvalue weighted by Gasteiger charge is 2.54. The van der Waals surface area contributed by atoms with Crippen LogP contribution in [0.2, 0.25) is 0 Å². The Balaban J connectivity index is 1.63. The highest BCUT2D eigenvalue weighted by atomic mass is 15.1. The first-order valence-corrected chi connectivity index (χ1v) is 9.54. The predicted molar refractivity (Wildman–Crippen MR) is 107 cm³/mol. The van der Waals surface area contributed by atoms with Gasteiger partial charge in [-0.2, -0.15) is 0 Å². The van der Waals surface area contributed by atoms with E-state index in [2.05, 4.69) is 48.1 Å². The third-order valence-corrected chi connectivity index (χ3v) is 6.33. The van der Waals surface area contributed by atoms with E-state index in [1.807, 2.05) is 24.3 Å². The molecule has 3 aliphatic rings. The van der Waals surface area contributed by atoms with E-state index in [-0.39, 0.29) is 0 Å². The van der Waals surface area contributed by atoms with Gasteiger partial charge in [-0.15, -0.1) is 0 Å². The molecule has 0 spiro atoms. The normalized spacial score (nSPS) is 22.3. The van der Waals surface area contributed by atoms with Crippen LogP contribution in [0.1, 0.15) is 43.1 Å². The van der Waals surface area contributed by atoms with Gasteiger partial charge < -0.3 is 0 Å². The molecule has 2 atom stereocenters. The van der Waals surface area contributed by atoms with Gasteiger partial charge in [-0.25, -0.2) is 15.0 Å². The molecule has 2 aromatic heterocycles. The summed E-state index contributed by atoms with van der Waals surface area (Å²) in [5.74, 6) is 1.75. The molecule has 1 aromatic carbocycles. The van der Waals surface area contributed by atoms with Crippen LogP contribution < -0.4 is 0 Å². The van der Waals surface area contributed by atoms with Gasteiger partial charge in [-0.3, -0.25) is 4.98 Å². The van der Waals surface area contributed by atoms with E-state index < -0.39 is 0 Å². The van der Waals surface area contributed by atoms with Crippen LogP contribution in [0.15, 0.2) is 59.7 Å². The van der Waals surface area contributed by atoms with E-state index in [0.29, 0.717) is 17.3 Å². The fourth-order valence-electron chi connectivity index (χ4n) is 4.52. The number of benzene rings is 1. The third-order valence-electron chi connectivity index (χ3n) is 6.33. The van der Waals surface area contributed by atoms with E-state index in [1.165, 1.54) is 17.7 Å². The molecule has 1 fully saturated rings. The number of hydrogen-bond donors (Lipinski definition) is 0. The van der Waals surface area contributed by atoms with E-state index in [9.17, 15) is 0 Å². The second kappa shape index (κ2) is 6.08. The predicted octanol–water partition coefficient (Wildman–Crippen LogP) is 4.98. The molecule has 27 heavy (non-hydrogen) atoms. The molecule has 3 aromatic rings. The van der Waals surface area contributed by atoms with Crippen LogP contribution in [0.3, 0.4) is 0 Å². The minimum atomic E-state index is 0.317. The van der Waals surface area contributed by atoms with Crippen molar-refractivity contribution in [2.24, 2.45) is 16.3 Å². The Morgan fingerprint density at radius 3 is 2.59 bits per heavy atom. The lowest BCUT2D eigenvalue weighted by Crippen LogP contribution is -2.48. The van der Waals surface area contributed by atoms with Crippen LogP contribution >= 0.6 is 0 Å².